The van der Waals surface area contributed by atoms with Gasteiger partial charge in [-0.05, 0) is 25.1 Å². The highest BCUT2D eigenvalue weighted by molar-refractivity contribution is 7.13. The molecule has 1 saturated heterocycles. The van der Waals surface area contributed by atoms with Gasteiger partial charge in [-0.1, -0.05) is 23.2 Å². The minimum atomic E-state index is -0.0269. The Morgan fingerprint density at radius 3 is 2.79 bits per heavy atom. The number of rotatable bonds is 2. The first-order chi connectivity index (χ1) is 10.5. The van der Waals surface area contributed by atoms with Gasteiger partial charge < -0.3 is 10.2 Å². The molecule has 132 valence electrons. The van der Waals surface area contributed by atoms with E-state index in [9.17, 15) is 4.79 Å². The molecule has 1 N–H and O–H groups in total. The van der Waals surface area contributed by atoms with Crippen LogP contribution in [-0.4, -0.2) is 41.5 Å². The van der Waals surface area contributed by atoms with E-state index in [-0.39, 0.29) is 30.7 Å². The van der Waals surface area contributed by atoms with Gasteiger partial charge in [0.1, 0.15) is 10.7 Å². The lowest BCUT2D eigenvalue weighted by Crippen LogP contribution is -2.51. The van der Waals surface area contributed by atoms with Crippen LogP contribution in [0.4, 0.5) is 0 Å². The van der Waals surface area contributed by atoms with Gasteiger partial charge in [0, 0.05) is 41.6 Å². The highest BCUT2D eigenvalue weighted by Gasteiger charge is 2.23. The van der Waals surface area contributed by atoms with Crippen molar-refractivity contribution in [1.82, 2.24) is 15.2 Å². The van der Waals surface area contributed by atoms with Crippen molar-refractivity contribution in [2.24, 2.45) is 0 Å². The number of hydrogen-bond donors (Lipinski definition) is 1. The Kier molecular flexibility index (Phi) is 8.26. The largest absolute Gasteiger partial charge is 0.334 e. The first-order valence-corrected chi connectivity index (χ1v) is 8.62. The summed E-state index contributed by atoms with van der Waals surface area (Å²) >= 11 is 13.5. The quantitative estimate of drug-likeness (QED) is 0.771. The van der Waals surface area contributed by atoms with Gasteiger partial charge in [-0.15, -0.1) is 36.2 Å². The normalized spacial score (nSPS) is 17.0. The van der Waals surface area contributed by atoms with Crippen molar-refractivity contribution in [3.63, 3.8) is 0 Å². The van der Waals surface area contributed by atoms with E-state index in [4.69, 9.17) is 23.2 Å². The molecule has 1 aromatic heterocycles. The van der Waals surface area contributed by atoms with Crippen molar-refractivity contribution >= 4 is 65.3 Å². The number of piperazine rings is 1. The molecule has 9 heteroatoms. The third-order valence-electron chi connectivity index (χ3n) is 3.54. The Hall–Kier alpha value is -0.560. The fourth-order valence-corrected chi connectivity index (χ4v) is 3.82. The van der Waals surface area contributed by atoms with Gasteiger partial charge in [0.15, 0.2) is 0 Å². The highest BCUT2D eigenvalue weighted by Crippen LogP contribution is 2.32. The van der Waals surface area contributed by atoms with Gasteiger partial charge >= 0.3 is 0 Å². The number of nitrogens with one attached hydrogen (secondary N) is 1. The van der Waals surface area contributed by atoms with Crippen molar-refractivity contribution in [2.75, 3.05) is 19.6 Å². The molecule has 1 aliphatic rings. The monoisotopic (exact) mass is 427 g/mol. The Balaban J connectivity index is 0.00000144. The molecule has 0 spiro atoms. The summed E-state index contributed by atoms with van der Waals surface area (Å²) in [6, 6.07) is 5.58. The predicted molar refractivity (Wildman–Crippen MR) is 105 cm³/mol. The minimum absolute atomic E-state index is 0. The van der Waals surface area contributed by atoms with E-state index in [1.54, 1.807) is 17.5 Å². The van der Waals surface area contributed by atoms with E-state index >= 15 is 0 Å². The van der Waals surface area contributed by atoms with Crippen LogP contribution in [0.15, 0.2) is 23.6 Å². The van der Waals surface area contributed by atoms with E-state index in [0.717, 1.165) is 17.1 Å². The van der Waals surface area contributed by atoms with E-state index in [1.165, 1.54) is 11.3 Å². The van der Waals surface area contributed by atoms with Gasteiger partial charge in [0.25, 0.3) is 5.91 Å². The fourth-order valence-electron chi connectivity index (χ4n) is 2.44. The average molecular weight is 429 g/mol. The number of amides is 1. The third-order valence-corrected chi connectivity index (χ3v) is 4.96. The number of benzene rings is 1. The van der Waals surface area contributed by atoms with Crippen molar-refractivity contribution in [3.05, 3.63) is 39.3 Å². The molecule has 0 radical (unpaired) electrons. The Labute approximate surface area is 167 Å². The summed E-state index contributed by atoms with van der Waals surface area (Å²) in [6.07, 6.45) is 0. The van der Waals surface area contributed by atoms with E-state index in [2.05, 4.69) is 17.2 Å². The molecular formula is C15H17Cl4N3OS. The molecule has 1 aromatic carbocycles. The molecule has 2 heterocycles. The first-order valence-electron chi connectivity index (χ1n) is 6.98. The number of nitrogens with zero attached hydrogens (tertiary/aromatic N) is 2. The van der Waals surface area contributed by atoms with Crippen LogP contribution < -0.4 is 5.32 Å². The molecule has 0 saturated carbocycles. The molecule has 1 unspecified atom stereocenters. The molecule has 0 bridgehead atoms. The second kappa shape index (κ2) is 9.22. The third kappa shape index (κ3) is 4.75. The summed E-state index contributed by atoms with van der Waals surface area (Å²) in [4.78, 5) is 18.8. The molecule has 1 aliphatic heterocycles. The Morgan fingerprint density at radius 2 is 2.12 bits per heavy atom. The van der Waals surface area contributed by atoms with Gasteiger partial charge in [-0.25, -0.2) is 4.98 Å². The van der Waals surface area contributed by atoms with Crippen LogP contribution in [0.5, 0.6) is 0 Å². The topological polar surface area (TPSA) is 45.2 Å². The average Bonchev–Trinajstić information content (AvgIpc) is 2.96. The molecule has 3 rings (SSSR count). The van der Waals surface area contributed by atoms with Gasteiger partial charge in [0.05, 0.1) is 5.02 Å². The van der Waals surface area contributed by atoms with Gasteiger partial charge in [-0.2, -0.15) is 0 Å². The number of carbonyl (C=O) groups is 1. The zero-order chi connectivity index (χ0) is 15.7. The van der Waals surface area contributed by atoms with E-state index in [1.807, 2.05) is 11.0 Å². The minimum Gasteiger partial charge on any atom is -0.334 e. The molecule has 2 aromatic rings. The summed E-state index contributed by atoms with van der Waals surface area (Å²) < 4.78 is 0. The highest BCUT2D eigenvalue weighted by atomic mass is 35.5. The van der Waals surface area contributed by atoms with Crippen LogP contribution in [0.2, 0.25) is 10.0 Å². The van der Waals surface area contributed by atoms with Crippen molar-refractivity contribution in [3.8, 4) is 10.6 Å². The lowest BCUT2D eigenvalue weighted by molar-refractivity contribution is 0.0704. The van der Waals surface area contributed by atoms with E-state index < -0.39 is 0 Å². The number of thiazole rings is 1. The van der Waals surface area contributed by atoms with Crippen LogP contribution in [0.1, 0.15) is 17.4 Å². The standard InChI is InChI=1S/C15H15Cl2N3OS.2ClH/c1-9-7-20(5-4-18-9)15(21)13-8-22-14(19-13)11-3-2-10(16)6-12(11)17;;/h2-3,6,8-9,18H,4-5,7H2,1H3;2*1H. The summed E-state index contributed by atoms with van der Waals surface area (Å²) in [5, 5.41) is 6.96. The first kappa shape index (κ1) is 21.5. The van der Waals surface area contributed by atoms with Crippen LogP contribution in [0.3, 0.4) is 0 Å². The van der Waals surface area contributed by atoms with Crippen LogP contribution >= 0.6 is 59.4 Å². The maximum atomic E-state index is 12.5. The van der Waals surface area contributed by atoms with Crippen molar-refractivity contribution < 1.29 is 4.79 Å². The van der Waals surface area contributed by atoms with Gasteiger partial charge in [0.2, 0.25) is 0 Å². The number of aromatic nitrogens is 1. The van der Waals surface area contributed by atoms with Crippen LogP contribution in [-0.2, 0) is 0 Å². The van der Waals surface area contributed by atoms with Gasteiger partial charge in [-0.3, -0.25) is 4.79 Å². The SMILES string of the molecule is CC1CN(C(=O)c2csc(-c3ccc(Cl)cc3Cl)n2)CCN1.Cl.Cl. The molecule has 0 aliphatic carbocycles. The lowest BCUT2D eigenvalue weighted by Gasteiger charge is -2.31. The molecule has 1 fully saturated rings. The molecule has 1 atom stereocenters. The lowest BCUT2D eigenvalue weighted by atomic mass is 10.2. The fraction of sp³-hybridized carbons (Fsp3) is 0.333. The molecule has 1 amide bonds. The van der Waals surface area contributed by atoms with Crippen molar-refractivity contribution in [1.29, 1.82) is 0 Å². The second-order valence-corrected chi connectivity index (χ2v) is 6.97. The molecule has 24 heavy (non-hydrogen) atoms. The summed E-state index contributed by atoms with van der Waals surface area (Å²) in [6.45, 7) is 4.29. The summed E-state index contributed by atoms with van der Waals surface area (Å²) in [7, 11) is 0. The van der Waals surface area contributed by atoms with E-state index in [0.29, 0.717) is 34.9 Å². The Bertz CT molecular complexity index is 710. The number of carbonyl (C=O) groups excluding carboxylic acids is 1. The van der Waals surface area contributed by atoms with Crippen molar-refractivity contribution in [2.45, 2.75) is 13.0 Å². The number of hydrogen-bond acceptors (Lipinski definition) is 4. The predicted octanol–water partition coefficient (Wildman–Crippen LogP) is 4.39. The number of halogens is 4. The molecular weight excluding hydrogens is 412 g/mol. The molecule has 4 nitrogen and oxygen atoms in total. The Morgan fingerprint density at radius 1 is 1.38 bits per heavy atom. The summed E-state index contributed by atoms with van der Waals surface area (Å²) in [5.74, 6) is -0.0269. The maximum Gasteiger partial charge on any atom is 0.273 e. The van der Waals surface area contributed by atoms with Crippen LogP contribution in [0.25, 0.3) is 10.6 Å². The summed E-state index contributed by atoms with van der Waals surface area (Å²) in [5.41, 5.74) is 1.27. The van der Waals surface area contributed by atoms with Crippen LogP contribution in [0, 0.1) is 0 Å². The zero-order valence-corrected chi connectivity index (χ0v) is 16.8. The second-order valence-electron chi connectivity index (χ2n) is 5.27. The zero-order valence-electron chi connectivity index (χ0n) is 12.8. The smallest absolute Gasteiger partial charge is 0.273 e. The maximum absolute atomic E-state index is 12.5.